The van der Waals surface area contributed by atoms with Crippen molar-refractivity contribution < 1.29 is 14.3 Å². The van der Waals surface area contributed by atoms with Gasteiger partial charge in [0, 0.05) is 44.2 Å². The van der Waals surface area contributed by atoms with Crippen molar-refractivity contribution in [2.75, 3.05) is 51.3 Å². The van der Waals surface area contributed by atoms with Gasteiger partial charge in [-0.05, 0) is 30.2 Å². The van der Waals surface area contributed by atoms with Gasteiger partial charge in [0.1, 0.15) is 5.75 Å². The number of hydrogen-bond acceptors (Lipinski definition) is 6. The van der Waals surface area contributed by atoms with E-state index in [4.69, 9.17) is 4.74 Å². The molecule has 33 heavy (non-hydrogen) atoms. The molecule has 0 saturated carbocycles. The lowest BCUT2D eigenvalue weighted by atomic mass is 10.1. The van der Waals surface area contributed by atoms with E-state index in [2.05, 4.69) is 28.9 Å². The first kappa shape index (κ1) is 24.5. The standard InChI is InChI=1S/C25H35N5O3/c1-18(2)16-30(25(32)19(3)4)17-24(31)29-13-11-28(12-14-29)23-10-9-22(26-27-23)20-7-6-8-21(15-20)33-5/h6-10,15,18-19H,11-14,16-17H2,1-5H3. The number of carbonyl (C=O) groups excluding carboxylic acids is 2. The molecule has 0 radical (unpaired) electrons. The third kappa shape index (κ3) is 6.43. The average Bonchev–Trinajstić information content (AvgIpc) is 2.83. The smallest absolute Gasteiger partial charge is 0.242 e. The number of ether oxygens (including phenoxy) is 1. The zero-order valence-corrected chi connectivity index (χ0v) is 20.3. The molecule has 0 N–H and O–H groups in total. The summed E-state index contributed by atoms with van der Waals surface area (Å²) in [5.41, 5.74) is 1.73. The summed E-state index contributed by atoms with van der Waals surface area (Å²) in [5, 5.41) is 8.79. The van der Waals surface area contributed by atoms with Gasteiger partial charge < -0.3 is 19.4 Å². The Hall–Kier alpha value is -3.16. The van der Waals surface area contributed by atoms with Gasteiger partial charge in [-0.1, -0.05) is 39.8 Å². The van der Waals surface area contributed by atoms with Crippen LogP contribution in [0.2, 0.25) is 0 Å². The van der Waals surface area contributed by atoms with Crippen LogP contribution in [0, 0.1) is 11.8 Å². The molecule has 0 atom stereocenters. The molecule has 3 rings (SSSR count). The van der Waals surface area contributed by atoms with Crippen LogP contribution in [0.3, 0.4) is 0 Å². The first-order valence-corrected chi connectivity index (χ1v) is 11.6. The molecule has 0 unspecified atom stereocenters. The first-order chi connectivity index (χ1) is 15.8. The molecule has 0 spiro atoms. The van der Waals surface area contributed by atoms with Crippen LogP contribution in [-0.4, -0.2) is 78.2 Å². The predicted octanol–water partition coefficient (Wildman–Crippen LogP) is 2.94. The van der Waals surface area contributed by atoms with E-state index in [9.17, 15) is 9.59 Å². The molecule has 178 valence electrons. The first-order valence-electron chi connectivity index (χ1n) is 11.6. The summed E-state index contributed by atoms with van der Waals surface area (Å²) >= 11 is 0. The lowest BCUT2D eigenvalue weighted by molar-refractivity contribution is -0.143. The second-order valence-corrected chi connectivity index (χ2v) is 9.14. The molecular weight excluding hydrogens is 418 g/mol. The zero-order valence-electron chi connectivity index (χ0n) is 20.3. The largest absolute Gasteiger partial charge is 0.497 e. The number of benzene rings is 1. The highest BCUT2D eigenvalue weighted by atomic mass is 16.5. The van der Waals surface area contributed by atoms with E-state index in [-0.39, 0.29) is 24.3 Å². The average molecular weight is 454 g/mol. The van der Waals surface area contributed by atoms with E-state index in [0.717, 1.165) is 22.8 Å². The second-order valence-electron chi connectivity index (χ2n) is 9.14. The molecule has 1 aromatic carbocycles. The van der Waals surface area contributed by atoms with Crippen molar-refractivity contribution in [1.29, 1.82) is 0 Å². The van der Waals surface area contributed by atoms with Crippen molar-refractivity contribution in [1.82, 2.24) is 20.0 Å². The highest BCUT2D eigenvalue weighted by Gasteiger charge is 2.26. The van der Waals surface area contributed by atoms with E-state index >= 15 is 0 Å². The van der Waals surface area contributed by atoms with Gasteiger partial charge in [0.05, 0.1) is 19.3 Å². The summed E-state index contributed by atoms with van der Waals surface area (Å²) in [6.45, 7) is 11.2. The molecule has 1 saturated heterocycles. The SMILES string of the molecule is COc1cccc(-c2ccc(N3CCN(C(=O)CN(CC(C)C)C(=O)C(C)C)CC3)nn2)c1. The van der Waals surface area contributed by atoms with Crippen molar-refractivity contribution in [3.63, 3.8) is 0 Å². The molecule has 1 aliphatic heterocycles. The monoisotopic (exact) mass is 453 g/mol. The highest BCUT2D eigenvalue weighted by molar-refractivity contribution is 5.85. The Morgan fingerprint density at radius 1 is 1.03 bits per heavy atom. The predicted molar refractivity (Wildman–Crippen MR) is 129 cm³/mol. The fraction of sp³-hybridized carbons (Fsp3) is 0.520. The maximum absolute atomic E-state index is 12.9. The summed E-state index contributed by atoms with van der Waals surface area (Å²) in [4.78, 5) is 31.1. The fourth-order valence-corrected chi connectivity index (χ4v) is 3.92. The molecule has 2 amide bonds. The number of nitrogens with zero attached hydrogens (tertiary/aromatic N) is 5. The number of amides is 2. The summed E-state index contributed by atoms with van der Waals surface area (Å²) in [5.74, 6) is 1.81. The Bertz CT molecular complexity index is 937. The van der Waals surface area contributed by atoms with Crippen LogP contribution in [0.15, 0.2) is 36.4 Å². The Morgan fingerprint density at radius 2 is 1.76 bits per heavy atom. The molecule has 8 nitrogen and oxygen atoms in total. The van der Waals surface area contributed by atoms with E-state index in [1.807, 2.05) is 55.1 Å². The molecule has 1 aliphatic rings. The molecule has 0 bridgehead atoms. The second kappa shape index (κ2) is 11.1. The maximum atomic E-state index is 12.9. The summed E-state index contributed by atoms with van der Waals surface area (Å²) < 4.78 is 5.28. The van der Waals surface area contributed by atoms with Crippen molar-refractivity contribution in [3.05, 3.63) is 36.4 Å². The third-order valence-corrected chi connectivity index (χ3v) is 5.69. The maximum Gasteiger partial charge on any atom is 0.242 e. The molecule has 1 aromatic heterocycles. The Labute approximate surface area is 196 Å². The van der Waals surface area contributed by atoms with Gasteiger partial charge in [-0.2, -0.15) is 0 Å². The molecule has 0 aliphatic carbocycles. The molecule has 2 heterocycles. The fourth-order valence-electron chi connectivity index (χ4n) is 3.92. The number of carbonyl (C=O) groups is 2. The van der Waals surface area contributed by atoms with Gasteiger partial charge in [-0.15, -0.1) is 10.2 Å². The van der Waals surface area contributed by atoms with Crippen LogP contribution < -0.4 is 9.64 Å². The minimum Gasteiger partial charge on any atom is -0.497 e. The summed E-state index contributed by atoms with van der Waals surface area (Å²) in [6, 6.07) is 11.6. The van der Waals surface area contributed by atoms with Crippen LogP contribution in [-0.2, 0) is 9.59 Å². The normalized spacial score (nSPS) is 14.0. The Morgan fingerprint density at radius 3 is 2.33 bits per heavy atom. The third-order valence-electron chi connectivity index (χ3n) is 5.69. The summed E-state index contributed by atoms with van der Waals surface area (Å²) in [6.07, 6.45) is 0. The quantitative estimate of drug-likeness (QED) is 0.612. The molecule has 8 heteroatoms. The number of rotatable bonds is 8. The van der Waals surface area contributed by atoms with Crippen LogP contribution in [0.5, 0.6) is 5.75 Å². The van der Waals surface area contributed by atoms with Crippen LogP contribution in [0.1, 0.15) is 27.7 Å². The highest BCUT2D eigenvalue weighted by Crippen LogP contribution is 2.23. The van der Waals surface area contributed by atoms with Crippen LogP contribution in [0.4, 0.5) is 5.82 Å². The van der Waals surface area contributed by atoms with Crippen molar-refractivity contribution in [2.45, 2.75) is 27.7 Å². The van der Waals surface area contributed by atoms with Gasteiger partial charge in [0.25, 0.3) is 0 Å². The number of methoxy groups -OCH3 is 1. The lowest BCUT2D eigenvalue weighted by Crippen LogP contribution is -2.52. The Kier molecular flexibility index (Phi) is 8.25. The summed E-state index contributed by atoms with van der Waals surface area (Å²) in [7, 11) is 1.64. The van der Waals surface area contributed by atoms with Crippen molar-refractivity contribution in [2.24, 2.45) is 11.8 Å². The van der Waals surface area contributed by atoms with Gasteiger partial charge in [-0.25, -0.2) is 0 Å². The van der Waals surface area contributed by atoms with Crippen LogP contribution >= 0.6 is 0 Å². The van der Waals surface area contributed by atoms with E-state index in [0.29, 0.717) is 38.6 Å². The van der Waals surface area contributed by atoms with Gasteiger partial charge in [-0.3, -0.25) is 9.59 Å². The minimum absolute atomic E-state index is 0.00348. The van der Waals surface area contributed by atoms with E-state index in [1.165, 1.54) is 0 Å². The molecular formula is C25H35N5O3. The number of aromatic nitrogens is 2. The van der Waals surface area contributed by atoms with Gasteiger partial charge in [0.2, 0.25) is 11.8 Å². The number of hydrogen-bond donors (Lipinski definition) is 0. The molecule has 2 aromatic rings. The van der Waals surface area contributed by atoms with Crippen molar-refractivity contribution >= 4 is 17.6 Å². The topological polar surface area (TPSA) is 78.9 Å². The zero-order chi connectivity index (χ0) is 24.0. The van der Waals surface area contributed by atoms with E-state index < -0.39 is 0 Å². The Balaban J connectivity index is 1.57. The number of piperazine rings is 1. The number of anilines is 1. The lowest BCUT2D eigenvalue weighted by Gasteiger charge is -2.36. The van der Waals surface area contributed by atoms with Gasteiger partial charge in [0.15, 0.2) is 5.82 Å². The van der Waals surface area contributed by atoms with Gasteiger partial charge >= 0.3 is 0 Å². The van der Waals surface area contributed by atoms with Crippen LogP contribution in [0.25, 0.3) is 11.3 Å². The molecule has 1 fully saturated rings. The minimum atomic E-state index is -0.119. The van der Waals surface area contributed by atoms with E-state index in [1.54, 1.807) is 12.0 Å². The van der Waals surface area contributed by atoms with Crippen molar-refractivity contribution in [3.8, 4) is 17.0 Å².